The van der Waals surface area contributed by atoms with E-state index in [-0.39, 0.29) is 118 Å². The third kappa shape index (κ3) is 8.97. The van der Waals surface area contributed by atoms with Crippen LogP contribution in [0.4, 0.5) is 0 Å². The van der Waals surface area contributed by atoms with Crippen molar-refractivity contribution in [2.75, 3.05) is 0 Å². The van der Waals surface area contributed by atoms with Crippen molar-refractivity contribution >= 4 is 107 Å². The first-order valence-corrected chi connectivity index (χ1v) is 0. The van der Waals surface area contributed by atoms with Crippen LogP contribution in [-0.2, 0) is 0 Å². The number of hydrogen-bond donors (Lipinski definition) is 0. The monoisotopic (exact) mass is 212 g/mol. The van der Waals surface area contributed by atoms with Gasteiger partial charge in [-0.15, -0.1) is 0 Å². The summed E-state index contributed by atoms with van der Waals surface area (Å²) < 4.78 is 0. The van der Waals surface area contributed by atoms with Gasteiger partial charge in [-0.25, -0.2) is 0 Å². The molecule has 0 aromatic carbocycles. The van der Waals surface area contributed by atoms with E-state index in [2.05, 4.69) is 0 Å². The summed E-state index contributed by atoms with van der Waals surface area (Å²) in [6, 6.07) is 0. The minimum atomic E-state index is 0. The fraction of sp³-hybridized carbons (Fsp3) is 0. The maximum atomic E-state index is 0. The SMILES string of the molecule is O.O.[CaH2].[CsH]. The molecule has 0 radical (unpaired) electrons. The Labute approximate surface area is 114 Å². The topological polar surface area (TPSA) is 63.0 Å². The molecule has 0 saturated carbocycles. The van der Waals surface area contributed by atoms with Crippen molar-refractivity contribution in [1.29, 1.82) is 0 Å². The van der Waals surface area contributed by atoms with Gasteiger partial charge in [0, 0.05) is 0 Å². The normalized spacial score (nSPS) is 0. The summed E-state index contributed by atoms with van der Waals surface area (Å²) in [4.78, 5) is 0. The van der Waals surface area contributed by atoms with Crippen LogP contribution >= 0.6 is 0 Å². The average Bonchev–Trinajstić information content (AvgIpc) is 0. The Bertz CT molecular complexity index is 6.00. The summed E-state index contributed by atoms with van der Waals surface area (Å²) in [5, 5.41) is 0. The molecule has 0 atom stereocenters. The molecule has 0 fully saturated rings. The van der Waals surface area contributed by atoms with E-state index >= 15 is 0 Å². The molecule has 0 aliphatic heterocycles. The van der Waals surface area contributed by atoms with Crippen LogP contribution in [0.5, 0.6) is 0 Å². The van der Waals surface area contributed by atoms with Gasteiger partial charge in [-0.05, 0) is 0 Å². The first-order chi connectivity index (χ1) is 0. The molecule has 0 spiro atoms. The first-order valence-electron chi connectivity index (χ1n) is 0. The third-order valence-corrected chi connectivity index (χ3v) is 0. The molecule has 4 heteroatoms. The zero-order valence-corrected chi connectivity index (χ0v) is 1.00. The van der Waals surface area contributed by atoms with Crippen molar-refractivity contribution in [1.82, 2.24) is 0 Å². The van der Waals surface area contributed by atoms with E-state index in [9.17, 15) is 0 Å². The van der Waals surface area contributed by atoms with Crippen molar-refractivity contribution in [3.8, 4) is 0 Å². The fourth-order valence-electron chi connectivity index (χ4n) is 0. The van der Waals surface area contributed by atoms with Crippen LogP contribution in [0.3, 0.4) is 0 Å². The fourth-order valence-corrected chi connectivity index (χ4v) is 0. The number of hydrogen-bond acceptors (Lipinski definition) is 0. The van der Waals surface area contributed by atoms with Crippen molar-refractivity contribution in [2.45, 2.75) is 0 Å². The molecule has 22 valence electrons. The molecule has 0 bridgehead atoms. The Balaban J connectivity index is 0. The van der Waals surface area contributed by atoms with Crippen LogP contribution in [0.1, 0.15) is 0 Å². The predicted molar refractivity (Wildman–Crippen MR) is 22.9 cm³/mol. The van der Waals surface area contributed by atoms with E-state index in [1.165, 1.54) is 0 Å². The molecule has 0 aromatic heterocycles. The van der Waals surface area contributed by atoms with Gasteiger partial charge in [0.1, 0.15) is 0 Å². The van der Waals surface area contributed by atoms with E-state index in [0.717, 1.165) is 0 Å². The molecular formula is H7CaCsO2. The van der Waals surface area contributed by atoms with Gasteiger partial charge in [-0.1, -0.05) is 0 Å². The zero-order valence-electron chi connectivity index (χ0n) is 1.00. The Hall–Kier alpha value is 3.23. The summed E-state index contributed by atoms with van der Waals surface area (Å²) in [7, 11) is 0. The van der Waals surface area contributed by atoms with Crippen LogP contribution < -0.4 is 0 Å². The van der Waals surface area contributed by atoms with Crippen LogP contribution in [0.15, 0.2) is 0 Å². The molecule has 4 heavy (non-hydrogen) atoms. The van der Waals surface area contributed by atoms with Crippen molar-refractivity contribution in [3.05, 3.63) is 0 Å². The van der Waals surface area contributed by atoms with Gasteiger partial charge in [0.2, 0.25) is 0 Å². The van der Waals surface area contributed by atoms with E-state index in [1.54, 1.807) is 0 Å². The molecule has 0 aliphatic rings. The second-order valence-corrected chi connectivity index (χ2v) is 0. The Kier molecular flexibility index (Phi) is 110. The van der Waals surface area contributed by atoms with Crippen LogP contribution in [0.2, 0.25) is 0 Å². The van der Waals surface area contributed by atoms with E-state index in [4.69, 9.17) is 0 Å². The quantitative estimate of drug-likeness (QED) is 0.379. The summed E-state index contributed by atoms with van der Waals surface area (Å²) in [6.07, 6.45) is 0. The molecule has 0 unspecified atom stereocenters. The molecular weight excluding hydrogens is 205 g/mol. The van der Waals surface area contributed by atoms with Gasteiger partial charge in [0.15, 0.2) is 0 Å². The van der Waals surface area contributed by atoms with Crippen LogP contribution in [0, 0.1) is 0 Å². The van der Waals surface area contributed by atoms with Crippen LogP contribution in [0.25, 0.3) is 0 Å². The molecule has 4 N–H and O–H groups in total. The van der Waals surface area contributed by atoms with Gasteiger partial charge in [0.05, 0.1) is 0 Å². The van der Waals surface area contributed by atoms with Crippen molar-refractivity contribution in [3.63, 3.8) is 0 Å². The molecule has 0 heterocycles. The summed E-state index contributed by atoms with van der Waals surface area (Å²) in [6.45, 7) is 0. The summed E-state index contributed by atoms with van der Waals surface area (Å²) >= 11 is 0. The first kappa shape index (κ1) is 26.9. The maximum absolute atomic E-state index is 0. The van der Waals surface area contributed by atoms with E-state index in [1.807, 2.05) is 0 Å². The van der Waals surface area contributed by atoms with Gasteiger partial charge >= 0.3 is 107 Å². The molecule has 0 rings (SSSR count). The van der Waals surface area contributed by atoms with Gasteiger partial charge in [-0.3, -0.25) is 0 Å². The number of rotatable bonds is 0. The summed E-state index contributed by atoms with van der Waals surface area (Å²) in [5.74, 6) is 0. The third-order valence-electron chi connectivity index (χ3n) is 0. The average molecular weight is 212 g/mol. The van der Waals surface area contributed by atoms with Crippen molar-refractivity contribution in [2.24, 2.45) is 0 Å². The Morgan fingerprint density at radius 2 is 0.750 bits per heavy atom. The molecule has 2 nitrogen and oxygen atoms in total. The predicted octanol–water partition coefficient (Wildman–Crippen LogP) is -3.21. The van der Waals surface area contributed by atoms with E-state index < -0.39 is 0 Å². The van der Waals surface area contributed by atoms with Gasteiger partial charge < -0.3 is 11.0 Å². The Morgan fingerprint density at radius 3 is 0.750 bits per heavy atom. The summed E-state index contributed by atoms with van der Waals surface area (Å²) in [5.41, 5.74) is 0. The second-order valence-electron chi connectivity index (χ2n) is 0. The van der Waals surface area contributed by atoms with Gasteiger partial charge in [-0.2, -0.15) is 0 Å². The van der Waals surface area contributed by atoms with Gasteiger partial charge in [0.25, 0.3) is 0 Å². The Morgan fingerprint density at radius 1 is 0.750 bits per heavy atom. The second kappa shape index (κ2) is 16.3. The van der Waals surface area contributed by atoms with Crippen LogP contribution in [-0.4, -0.2) is 118 Å². The molecule has 0 saturated heterocycles. The minimum absolute atomic E-state index is 0. The standard InChI is InChI=1S/Ca.Cs.2H2O.3H/h;;2*1H2;;;. The molecule has 0 aliphatic carbocycles. The van der Waals surface area contributed by atoms with E-state index in [0.29, 0.717) is 0 Å². The molecule has 0 amide bonds. The zero-order chi connectivity index (χ0) is 0. The molecule has 0 aromatic rings. The van der Waals surface area contributed by atoms with Crippen molar-refractivity contribution < 1.29 is 11.0 Å².